The van der Waals surface area contributed by atoms with Crippen molar-refractivity contribution in [2.24, 2.45) is 5.73 Å². The highest BCUT2D eigenvalue weighted by molar-refractivity contribution is 7.17. The maximum Gasteiger partial charge on any atom is 0.00569 e. The normalized spacial score (nSPS) is 22.0. The first kappa shape index (κ1) is 7.46. The van der Waals surface area contributed by atoms with Crippen LogP contribution in [0.2, 0.25) is 0 Å². The minimum absolute atomic E-state index is 0.831. The molecule has 0 spiro atoms. The molecule has 1 aliphatic heterocycles. The SMILES string of the molecule is NCCCN1CC(P)C1. The highest BCUT2D eigenvalue weighted by Gasteiger charge is 2.20. The zero-order chi connectivity index (χ0) is 6.69. The fraction of sp³-hybridized carbons (Fsp3) is 1.00. The summed E-state index contributed by atoms with van der Waals surface area (Å²) in [6.07, 6.45) is 1.15. The van der Waals surface area contributed by atoms with Crippen LogP contribution >= 0.6 is 9.24 Å². The predicted octanol–water partition coefficient (Wildman–Crippen LogP) is -0.106. The maximum atomic E-state index is 5.36. The molecule has 54 valence electrons. The smallest absolute Gasteiger partial charge is 0.00569 e. The number of hydrogen-bond acceptors (Lipinski definition) is 2. The monoisotopic (exact) mass is 146 g/mol. The van der Waals surface area contributed by atoms with Gasteiger partial charge in [0, 0.05) is 13.1 Å². The van der Waals surface area contributed by atoms with Crippen molar-refractivity contribution >= 4 is 9.24 Å². The van der Waals surface area contributed by atoms with Crippen molar-refractivity contribution in [1.82, 2.24) is 4.90 Å². The fourth-order valence-electron chi connectivity index (χ4n) is 1.11. The topological polar surface area (TPSA) is 29.3 Å². The zero-order valence-corrected chi connectivity index (χ0v) is 6.87. The number of rotatable bonds is 3. The van der Waals surface area contributed by atoms with E-state index in [0.29, 0.717) is 0 Å². The van der Waals surface area contributed by atoms with Crippen LogP contribution in [0.25, 0.3) is 0 Å². The van der Waals surface area contributed by atoms with Gasteiger partial charge >= 0.3 is 0 Å². The number of hydrogen-bond donors (Lipinski definition) is 1. The Kier molecular flexibility index (Phi) is 2.90. The summed E-state index contributed by atoms with van der Waals surface area (Å²) in [5.41, 5.74) is 6.21. The van der Waals surface area contributed by atoms with Crippen LogP contribution < -0.4 is 5.73 Å². The van der Waals surface area contributed by atoms with Crippen molar-refractivity contribution in [2.75, 3.05) is 26.2 Å². The summed E-state index contributed by atoms with van der Waals surface area (Å²) in [5.74, 6) is 0. The van der Waals surface area contributed by atoms with E-state index >= 15 is 0 Å². The Morgan fingerprint density at radius 1 is 1.56 bits per heavy atom. The molecule has 0 amide bonds. The molecule has 1 aliphatic rings. The predicted molar refractivity (Wildman–Crippen MR) is 43.6 cm³/mol. The van der Waals surface area contributed by atoms with Gasteiger partial charge in [0.25, 0.3) is 0 Å². The van der Waals surface area contributed by atoms with Gasteiger partial charge in [-0.2, -0.15) is 0 Å². The van der Waals surface area contributed by atoms with Crippen LogP contribution in [0.1, 0.15) is 6.42 Å². The van der Waals surface area contributed by atoms with Gasteiger partial charge in [-0.3, -0.25) is 0 Å². The van der Waals surface area contributed by atoms with E-state index < -0.39 is 0 Å². The van der Waals surface area contributed by atoms with Crippen LogP contribution in [0.4, 0.5) is 0 Å². The first-order valence-corrected chi connectivity index (χ1v) is 4.17. The molecule has 0 radical (unpaired) electrons. The van der Waals surface area contributed by atoms with Crippen LogP contribution in [0, 0.1) is 0 Å². The summed E-state index contributed by atoms with van der Waals surface area (Å²) in [6.45, 7) is 4.54. The average Bonchev–Trinajstić information content (AvgIpc) is 1.78. The summed E-state index contributed by atoms with van der Waals surface area (Å²) < 4.78 is 0. The van der Waals surface area contributed by atoms with Crippen LogP contribution in [0.3, 0.4) is 0 Å². The van der Waals surface area contributed by atoms with Gasteiger partial charge in [0.1, 0.15) is 0 Å². The third kappa shape index (κ3) is 2.21. The minimum atomic E-state index is 0.831. The molecular weight excluding hydrogens is 131 g/mol. The van der Waals surface area contributed by atoms with Gasteiger partial charge in [-0.1, -0.05) is 0 Å². The summed E-state index contributed by atoms with van der Waals surface area (Å²) in [4.78, 5) is 2.44. The molecule has 1 atom stereocenters. The van der Waals surface area contributed by atoms with Crippen molar-refractivity contribution in [3.63, 3.8) is 0 Å². The van der Waals surface area contributed by atoms with E-state index in [1.165, 1.54) is 19.6 Å². The second-order valence-electron chi connectivity index (χ2n) is 2.66. The Labute approximate surface area is 59.0 Å². The lowest BCUT2D eigenvalue weighted by atomic mass is 10.2. The van der Waals surface area contributed by atoms with Crippen molar-refractivity contribution in [1.29, 1.82) is 0 Å². The summed E-state index contributed by atoms with van der Waals surface area (Å²) >= 11 is 0. The molecule has 0 bridgehead atoms. The van der Waals surface area contributed by atoms with Crippen molar-refractivity contribution in [3.8, 4) is 0 Å². The average molecular weight is 146 g/mol. The minimum Gasteiger partial charge on any atom is -0.330 e. The van der Waals surface area contributed by atoms with E-state index in [1.807, 2.05) is 0 Å². The van der Waals surface area contributed by atoms with Gasteiger partial charge in [-0.15, -0.1) is 9.24 Å². The summed E-state index contributed by atoms with van der Waals surface area (Å²) in [6, 6.07) is 0. The summed E-state index contributed by atoms with van der Waals surface area (Å²) in [7, 11) is 2.84. The molecule has 1 unspecified atom stereocenters. The molecule has 0 aromatic heterocycles. The Bertz CT molecular complexity index is 81.1. The standard InChI is InChI=1S/C6H15N2P/c7-2-1-3-8-4-6(9)5-8/h6H,1-5,7,9H2. The third-order valence-electron chi connectivity index (χ3n) is 1.66. The quantitative estimate of drug-likeness (QED) is 0.563. The van der Waals surface area contributed by atoms with Gasteiger partial charge in [-0.25, -0.2) is 0 Å². The van der Waals surface area contributed by atoms with Gasteiger partial charge in [0.2, 0.25) is 0 Å². The molecule has 0 aliphatic carbocycles. The van der Waals surface area contributed by atoms with Gasteiger partial charge in [0.15, 0.2) is 0 Å². The van der Waals surface area contributed by atoms with E-state index in [1.54, 1.807) is 0 Å². The number of likely N-dealkylation sites (tertiary alicyclic amines) is 1. The second-order valence-corrected chi connectivity index (χ2v) is 3.60. The van der Waals surface area contributed by atoms with E-state index in [2.05, 4.69) is 14.1 Å². The first-order valence-electron chi connectivity index (χ1n) is 3.51. The molecule has 0 aromatic carbocycles. The van der Waals surface area contributed by atoms with Crippen molar-refractivity contribution in [2.45, 2.75) is 12.1 Å². The lowest BCUT2D eigenvalue weighted by molar-refractivity contribution is 0.189. The van der Waals surface area contributed by atoms with E-state index in [4.69, 9.17) is 5.73 Å². The highest BCUT2D eigenvalue weighted by atomic mass is 31.0. The van der Waals surface area contributed by atoms with Crippen molar-refractivity contribution in [3.05, 3.63) is 0 Å². The van der Waals surface area contributed by atoms with Crippen LogP contribution in [-0.2, 0) is 0 Å². The molecular formula is C6H15N2P. The number of nitrogens with two attached hydrogens (primary N) is 1. The molecule has 2 nitrogen and oxygen atoms in total. The Morgan fingerprint density at radius 3 is 2.67 bits per heavy atom. The molecule has 3 heteroatoms. The van der Waals surface area contributed by atoms with E-state index in [-0.39, 0.29) is 0 Å². The molecule has 1 heterocycles. The van der Waals surface area contributed by atoms with Gasteiger partial charge in [0.05, 0.1) is 0 Å². The zero-order valence-electron chi connectivity index (χ0n) is 5.71. The summed E-state index contributed by atoms with van der Waals surface area (Å²) in [5, 5.41) is 0. The Morgan fingerprint density at radius 2 is 2.22 bits per heavy atom. The third-order valence-corrected chi connectivity index (χ3v) is 2.09. The molecule has 0 aromatic rings. The van der Waals surface area contributed by atoms with Crippen LogP contribution in [0.15, 0.2) is 0 Å². The lowest BCUT2D eigenvalue weighted by Crippen LogP contribution is -2.47. The molecule has 1 saturated heterocycles. The first-order chi connectivity index (χ1) is 4.33. The van der Waals surface area contributed by atoms with Gasteiger partial charge in [-0.05, 0) is 25.2 Å². The van der Waals surface area contributed by atoms with E-state index in [0.717, 1.165) is 18.6 Å². The molecule has 2 N–H and O–H groups in total. The second kappa shape index (κ2) is 3.50. The Balaban J connectivity index is 1.91. The molecule has 1 fully saturated rings. The largest absolute Gasteiger partial charge is 0.330 e. The van der Waals surface area contributed by atoms with Gasteiger partial charge < -0.3 is 10.6 Å². The van der Waals surface area contributed by atoms with Crippen LogP contribution in [0.5, 0.6) is 0 Å². The van der Waals surface area contributed by atoms with Crippen molar-refractivity contribution < 1.29 is 0 Å². The number of nitrogens with zero attached hydrogens (tertiary/aromatic N) is 1. The van der Waals surface area contributed by atoms with E-state index in [9.17, 15) is 0 Å². The molecule has 1 rings (SSSR count). The fourth-order valence-corrected chi connectivity index (χ4v) is 1.70. The maximum absolute atomic E-state index is 5.36. The van der Waals surface area contributed by atoms with Crippen LogP contribution in [-0.4, -0.2) is 36.7 Å². The molecule has 9 heavy (non-hydrogen) atoms. The molecule has 0 saturated carbocycles. The lowest BCUT2D eigenvalue weighted by Gasteiger charge is -2.36. The highest BCUT2D eigenvalue weighted by Crippen LogP contribution is 2.15. The Hall–Kier alpha value is 0.350.